The van der Waals surface area contributed by atoms with Crippen molar-refractivity contribution in [3.63, 3.8) is 0 Å². The number of nitrogens with one attached hydrogen (secondary N) is 1. The molecule has 0 spiro atoms. The van der Waals surface area contributed by atoms with Gasteiger partial charge in [-0.15, -0.1) is 0 Å². The number of benzene rings is 2. The number of imidazole rings is 1. The van der Waals surface area contributed by atoms with E-state index in [0.717, 1.165) is 69.5 Å². The second kappa shape index (κ2) is 14.6. The minimum absolute atomic E-state index is 0.112. The number of piperazine rings is 1. The smallest absolute Gasteiger partial charge is 0.274 e. The van der Waals surface area contributed by atoms with Crippen LogP contribution in [0.1, 0.15) is 41.2 Å². The molecule has 14 heteroatoms. The van der Waals surface area contributed by atoms with Crippen LogP contribution in [-0.2, 0) is 35.6 Å². The standard InChI is InChI=1S/C43H54FN9O3Si/c1-28-34(20-30(44)21-35(28)53-16-15-52-36(42(53)54)19-29-22-43(2,3)23-37(29)52)39-47-40(38-41(48-39)51(26-45-38)27-55-17-18-57(4,5)6)46-31-7-9-32(10-8-31)49-11-13-50(14-12-49)33-24-56-25-33/h7-10,19-21,26,33H,11-18,22-25,27H2,1-6H3,(H,46,47,48). The monoisotopic (exact) mass is 791 g/mol. The molecule has 6 heterocycles. The Morgan fingerprint density at radius 1 is 0.982 bits per heavy atom. The van der Waals surface area contributed by atoms with Crippen LogP contribution in [0.25, 0.3) is 22.6 Å². The zero-order chi connectivity index (χ0) is 39.6. The SMILES string of the molecule is Cc1c(-c2nc(Nc3ccc(N4CCN(C5COC5)CC4)cc3)c3ncn(COCC[Si](C)(C)C)c3n2)cc(F)cc1N1CCn2c(cc3c2CC(C)(C)C3)C1=O. The fraction of sp³-hybridized carbons (Fsp3) is 0.488. The number of amides is 1. The molecule has 9 rings (SSSR count). The average molecular weight is 792 g/mol. The molecule has 0 bridgehead atoms. The third-order valence-electron chi connectivity index (χ3n) is 12.1. The Morgan fingerprint density at radius 3 is 2.47 bits per heavy atom. The first-order valence-electron chi connectivity index (χ1n) is 20.4. The maximum Gasteiger partial charge on any atom is 0.274 e. The summed E-state index contributed by atoms with van der Waals surface area (Å²) in [5.74, 6) is 0.281. The van der Waals surface area contributed by atoms with Crippen LogP contribution in [0.4, 0.5) is 27.3 Å². The summed E-state index contributed by atoms with van der Waals surface area (Å²) >= 11 is 0. The van der Waals surface area contributed by atoms with Crippen LogP contribution in [-0.4, -0.2) is 102 Å². The van der Waals surface area contributed by atoms with E-state index in [1.54, 1.807) is 11.2 Å². The summed E-state index contributed by atoms with van der Waals surface area (Å²) in [5.41, 5.74) is 8.34. The Balaban J connectivity index is 1.02. The Hall–Kier alpha value is -4.63. The molecule has 1 N–H and O–H groups in total. The highest BCUT2D eigenvalue weighted by Gasteiger charge is 2.37. The van der Waals surface area contributed by atoms with Crippen molar-refractivity contribution in [2.45, 2.75) is 78.6 Å². The molecule has 0 saturated carbocycles. The van der Waals surface area contributed by atoms with E-state index in [1.807, 2.05) is 11.5 Å². The van der Waals surface area contributed by atoms with Crippen molar-refractivity contribution in [2.75, 3.05) is 67.7 Å². The largest absolute Gasteiger partial charge is 0.378 e. The molecule has 2 fully saturated rings. The van der Waals surface area contributed by atoms with E-state index in [9.17, 15) is 4.79 Å². The van der Waals surface area contributed by atoms with Crippen LogP contribution < -0.4 is 15.1 Å². The normalized spacial score (nSPS) is 18.6. The van der Waals surface area contributed by atoms with Crippen molar-refractivity contribution in [1.82, 2.24) is 29.0 Å². The van der Waals surface area contributed by atoms with E-state index in [-0.39, 0.29) is 18.1 Å². The number of carbonyl (C=O) groups excluding carboxylic acids is 1. The van der Waals surface area contributed by atoms with E-state index >= 15 is 4.39 Å². The summed E-state index contributed by atoms with van der Waals surface area (Å²) in [6.45, 7) is 21.2. The fourth-order valence-corrected chi connectivity index (χ4v) is 9.53. The van der Waals surface area contributed by atoms with Crippen molar-refractivity contribution < 1.29 is 18.7 Å². The highest BCUT2D eigenvalue weighted by Crippen LogP contribution is 2.41. The van der Waals surface area contributed by atoms with Gasteiger partial charge < -0.3 is 29.2 Å². The number of hydrogen-bond donors (Lipinski definition) is 1. The van der Waals surface area contributed by atoms with Crippen molar-refractivity contribution in [2.24, 2.45) is 5.41 Å². The summed E-state index contributed by atoms with van der Waals surface area (Å²) in [5, 5.41) is 3.52. The Bertz CT molecular complexity index is 2320. The number of aromatic nitrogens is 5. The Labute approximate surface area is 335 Å². The highest BCUT2D eigenvalue weighted by molar-refractivity contribution is 6.76. The quantitative estimate of drug-likeness (QED) is 0.111. The summed E-state index contributed by atoms with van der Waals surface area (Å²) in [7, 11) is -1.28. The molecule has 5 aromatic rings. The number of nitrogens with zero attached hydrogens (tertiary/aromatic N) is 8. The number of anilines is 4. The summed E-state index contributed by atoms with van der Waals surface area (Å²) in [4.78, 5) is 35.6. The Kier molecular flexibility index (Phi) is 9.73. The van der Waals surface area contributed by atoms with E-state index in [0.29, 0.717) is 65.5 Å². The average Bonchev–Trinajstić information content (AvgIpc) is 3.81. The van der Waals surface area contributed by atoms with Crippen LogP contribution in [0.5, 0.6) is 0 Å². The summed E-state index contributed by atoms with van der Waals surface area (Å²) in [6, 6.07) is 15.0. The summed E-state index contributed by atoms with van der Waals surface area (Å²) in [6.07, 6.45) is 3.63. The van der Waals surface area contributed by atoms with Crippen molar-refractivity contribution in [3.8, 4) is 11.4 Å². The van der Waals surface area contributed by atoms with E-state index in [2.05, 4.69) is 83.5 Å². The molecule has 4 aliphatic rings. The van der Waals surface area contributed by atoms with Crippen LogP contribution in [0.2, 0.25) is 25.7 Å². The number of fused-ring (bicyclic) bond motifs is 4. The molecule has 0 radical (unpaired) electrons. The van der Waals surface area contributed by atoms with Gasteiger partial charge >= 0.3 is 0 Å². The Morgan fingerprint density at radius 2 is 1.75 bits per heavy atom. The fourth-order valence-electron chi connectivity index (χ4n) is 8.78. The van der Waals surface area contributed by atoms with Gasteiger partial charge in [0, 0.05) is 76.6 Å². The first kappa shape index (κ1) is 37.9. The van der Waals surface area contributed by atoms with Crippen LogP contribution in [0, 0.1) is 18.2 Å². The molecule has 1 amide bonds. The first-order chi connectivity index (χ1) is 27.3. The second-order valence-corrected chi connectivity index (χ2v) is 23.9. The van der Waals surface area contributed by atoms with Gasteiger partial charge in [-0.05, 0) is 84.8 Å². The van der Waals surface area contributed by atoms with Gasteiger partial charge in [-0.3, -0.25) is 14.3 Å². The number of hydrogen-bond acceptors (Lipinski definition) is 9. The summed E-state index contributed by atoms with van der Waals surface area (Å²) < 4.78 is 31.4. The van der Waals surface area contributed by atoms with E-state index in [1.165, 1.54) is 29.1 Å². The van der Waals surface area contributed by atoms with Gasteiger partial charge in [-0.1, -0.05) is 33.5 Å². The predicted molar refractivity (Wildman–Crippen MR) is 225 cm³/mol. The van der Waals surface area contributed by atoms with Crippen LogP contribution >= 0.6 is 0 Å². The lowest BCUT2D eigenvalue weighted by Crippen LogP contribution is -2.56. The van der Waals surface area contributed by atoms with E-state index in [4.69, 9.17) is 24.4 Å². The lowest BCUT2D eigenvalue weighted by molar-refractivity contribution is -0.0660. The molecule has 12 nitrogen and oxygen atoms in total. The van der Waals surface area contributed by atoms with Gasteiger partial charge in [0.15, 0.2) is 22.8 Å². The molecule has 0 unspecified atom stereocenters. The minimum atomic E-state index is -1.28. The van der Waals surface area contributed by atoms with Crippen molar-refractivity contribution in [1.29, 1.82) is 0 Å². The molecule has 300 valence electrons. The maximum atomic E-state index is 15.8. The molecule has 3 aromatic heterocycles. The molecule has 57 heavy (non-hydrogen) atoms. The second-order valence-electron chi connectivity index (χ2n) is 18.2. The van der Waals surface area contributed by atoms with Crippen LogP contribution in [0.3, 0.4) is 0 Å². The van der Waals surface area contributed by atoms with Crippen molar-refractivity contribution >= 4 is 48.0 Å². The van der Waals surface area contributed by atoms with Gasteiger partial charge in [-0.2, -0.15) is 0 Å². The van der Waals surface area contributed by atoms with Crippen LogP contribution in [0.15, 0.2) is 48.8 Å². The topological polar surface area (TPSA) is 106 Å². The van der Waals surface area contributed by atoms with Gasteiger partial charge in [-0.25, -0.2) is 19.3 Å². The lowest BCUT2D eigenvalue weighted by Gasteiger charge is -2.43. The number of carbonyl (C=O) groups is 1. The number of rotatable bonds is 11. The zero-order valence-electron chi connectivity index (χ0n) is 34.1. The predicted octanol–water partition coefficient (Wildman–Crippen LogP) is 7.10. The number of halogens is 1. The molecule has 0 atom stereocenters. The third kappa shape index (κ3) is 7.48. The zero-order valence-corrected chi connectivity index (χ0v) is 35.1. The van der Waals surface area contributed by atoms with Gasteiger partial charge in [0.1, 0.15) is 18.2 Å². The van der Waals surface area contributed by atoms with Gasteiger partial charge in [0.25, 0.3) is 5.91 Å². The van der Waals surface area contributed by atoms with Gasteiger partial charge in [0.05, 0.1) is 31.3 Å². The van der Waals surface area contributed by atoms with Crippen molar-refractivity contribution in [3.05, 3.63) is 77.1 Å². The maximum absolute atomic E-state index is 15.8. The molecular formula is C43H54FN9O3Si. The molecular weight excluding hydrogens is 738 g/mol. The lowest BCUT2D eigenvalue weighted by atomic mass is 9.90. The van der Waals surface area contributed by atoms with Gasteiger partial charge in [0.2, 0.25) is 0 Å². The van der Waals surface area contributed by atoms with E-state index < -0.39 is 13.9 Å². The molecule has 2 saturated heterocycles. The first-order valence-corrected chi connectivity index (χ1v) is 24.1. The third-order valence-corrected chi connectivity index (χ3v) is 13.8. The molecule has 3 aliphatic heterocycles. The highest BCUT2D eigenvalue weighted by atomic mass is 28.3. The minimum Gasteiger partial charge on any atom is -0.378 e. The molecule has 1 aliphatic carbocycles. The molecule has 2 aromatic carbocycles. The number of ether oxygens (including phenoxy) is 2.